The summed E-state index contributed by atoms with van der Waals surface area (Å²) in [5.74, 6) is -0.666. The first-order chi connectivity index (χ1) is 14.0. The third-order valence-electron chi connectivity index (χ3n) is 5.87. The minimum absolute atomic E-state index is 0.00119. The Kier molecular flexibility index (Phi) is 6.95. The molecule has 1 atom stereocenters. The zero-order valence-corrected chi connectivity index (χ0v) is 21.0. The number of esters is 1. The van der Waals surface area contributed by atoms with E-state index in [2.05, 4.69) is 33.9 Å². The van der Waals surface area contributed by atoms with Crippen LogP contribution in [-0.2, 0) is 20.9 Å². The van der Waals surface area contributed by atoms with Crippen LogP contribution in [0.1, 0.15) is 70.3 Å². The van der Waals surface area contributed by atoms with Crippen LogP contribution in [0.15, 0.2) is 18.2 Å². The highest BCUT2D eigenvalue weighted by Gasteiger charge is 2.42. The Hall–Kier alpha value is -2.35. The zero-order valence-electron chi connectivity index (χ0n) is 20.0. The van der Waals surface area contributed by atoms with E-state index in [0.717, 1.165) is 5.56 Å². The third kappa shape index (κ3) is 5.87. The standard InChI is InChI=1S/C23H36N2O5Si/c1-22(2,3)29-19(26)13-12-17(20(24)27)25-14-16-15(21(25)28)10-9-11-18(16)30-31(7,8)23(4,5)6/h9-11,17H,12-14H2,1-8H3,(H2,24,27). The molecule has 2 rings (SSSR count). The fourth-order valence-corrected chi connectivity index (χ4v) is 4.25. The summed E-state index contributed by atoms with van der Waals surface area (Å²) in [7, 11) is -2.12. The van der Waals surface area contributed by atoms with Gasteiger partial charge in [0.2, 0.25) is 14.2 Å². The SMILES string of the molecule is CC(C)(C)OC(=O)CCC(C(N)=O)N1Cc2c(O[Si](C)(C)C(C)(C)C)cccc2C1=O. The van der Waals surface area contributed by atoms with Gasteiger partial charge >= 0.3 is 5.97 Å². The quantitative estimate of drug-likeness (QED) is 0.502. The molecule has 1 aromatic carbocycles. The summed E-state index contributed by atoms with van der Waals surface area (Å²) in [6.07, 6.45) is 0.112. The van der Waals surface area contributed by atoms with Gasteiger partial charge in [0.25, 0.3) is 5.91 Å². The molecule has 172 valence electrons. The molecule has 0 spiro atoms. The molecule has 2 N–H and O–H groups in total. The topological polar surface area (TPSA) is 98.9 Å². The Morgan fingerprint density at radius 1 is 1.16 bits per heavy atom. The Morgan fingerprint density at radius 2 is 1.77 bits per heavy atom. The van der Waals surface area contributed by atoms with Crippen molar-refractivity contribution in [2.75, 3.05) is 0 Å². The molecule has 0 aliphatic carbocycles. The van der Waals surface area contributed by atoms with E-state index in [0.29, 0.717) is 11.3 Å². The molecule has 8 heteroatoms. The largest absolute Gasteiger partial charge is 0.543 e. The van der Waals surface area contributed by atoms with Gasteiger partial charge in [0.15, 0.2) is 0 Å². The third-order valence-corrected chi connectivity index (χ3v) is 10.2. The van der Waals surface area contributed by atoms with Gasteiger partial charge in [-0.15, -0.1) is 0 Å². The van der Waals surface area contributed by atoms with Gasteiger partial charge in [0.1, 0.15) is 17.4 Å². The van der Waals surface area contributed by atoms with Crippen LogP contribution in [0.5, 0.6) is 5.75 Å². The van der Waals surface area contributed by atoms with Crippen molar-refractivity contribution < 1.29 is 23.5 Å². The number of carbonyl (C=O) groups excluding carboxylic acids is 3. The fraction of sp³-hybridized carbons (Fsp3) is 0.609. The van der Waals surface area contributed by atoms with Gasteiger partial charge < -0.3 is 19.8 Å². The number of nitrogens with zero attached hydrogens (tertiary/aromatic N) is 1. The number of amides is 2. The van der Waals surface area contributed by atoms with Gasteiger partial charge in [-0.1, -0.05) is 26.8 Å². The molecule has 0 saturated carbocycles. The first-order valence-electron chi connectivity index (χ1n) is 10.7. The zero-order chi connectivity index (χ0) is 23.8. The number of rotatable bonds is 7. The molecule has 0 saturated heterocycles. The second kappa shape index (κ2) is 8.65. The number of nitrogens with two attached hydrogens (primary N) is 1. The highest BCUT2D eigenvalue weighted by Crippen LogP contribution is 2.40. The van der Waals surface area contributed by atoms with Crippen molar-refractivity contribution in [2.24, 2.45) is 5.73 Å². The molecule has 1 aliphatic heterocycles. The molecule has 1 aliphatic rings. The molecule has 1 aromatic rings. The number of carbonyl (C=O) groups is 3. The molecule has 7 nitrogen and oxygen atoms in total. The number of fused-ring (bicyclic) bond motifs is 1. The van der Waals surface area contributed by atoms with Crippen LogP contribution >= 0.6 is 0 Å². The van der Waals surface area contributed by atoms with Crippen molar-refractivity contribution in [3.05, 3.63) is 29.3 Å². The lowest BCUT2D eigenvalue weighted by Crippen LogP contribution is -2.45. The maximum atomic E-state index is 13.1. The van der Waals surface area contributed by atoms with Gasteiger partial charge in [-0.05, 0) is 57.5 Å². The van der Waals surface area contributed by atoms with Crippen LogP contribution in [0.25, 0.3) is 0 Å². The number of hydrogen-bond donors (Lipinski definition) is 1. The van der Waals surface area contributed by atoms with E-state index in [9.17, 15) is 14.4 Å². The predicted molar refractivity (Wildman–Crippen MR) is 122 cm³/mol. The molecule has 1 heterocycles. The molecule has 1 unspecified atom stereocenters. The van der Waals surface area contributed by atoms with Crippen LogP contribution in [0.4, 0.5) is 0 Å². The van der Waals surface area contributed by atoms with Gasteiger partial charge in [0.05, 0.1) is 6.54 Å². The highest BCUT2D eigenvalue weighted by molar-refractivity contribution is 6.74. The van der Waals surface area contributed by atoms with E-state index in [1.54, 1.807) is 32.9 Å². The summed E-state index contributed by atoms with van der Waals surface area (Å²) in [4.78, 5) is 38.8. The van der Waals surface area contributed by atoms with Crippen molar-refractivity contribution in [1.29, 1.82) is 0 Å². The van der Waals surface area contributed by atoms with Crippen LogP contribution in [0, 0.1) is 0 Å². The lowest BCUT2D eigenvalue weighted by Gasteiger charge is -2.37. The molecule has 31 heavy (non-hydrogen) atoms. The summed E-state index contributed by atoms with van der Waals surface area (Å²) in [6, 6.07) is 4.51. The van der Waals surface area contributed by atoms with Gasteiger partial charge in [-0.3, -0.25) is 14.4 Å². The monoisotopic (exact) mass is 448 g/mol. The van der Waals surface area contributed by atoms with Crippen molar-refractivity contribution >= 4 is 26.1 Å². The van der Waals surface area contributed by atoms with E-state index in [1.165, 1.54) is 4.90 Å². The van der Waals surface area contributed by atoms with Crippen molar-refractivity contribution in [3.63, 3.8) is 0 Å². The fourth-order valence-electron chi connectivity index (χ4n) is 3.20. The Labute approximate surface area is 186 Å². The van der Waals surface area contributed by atoms with Gasteiger partial charge in [-0.25, -0.2) is 0 Å². The van der Waals surface area contributed by atoms with E-state index in [4.69, 9.17) is 14.9 Å². The average molecular weight is 449 g/mol. The highest BCUT2D eigenvalue weighted by atomic mass is 28.4. The number of ether oxygens (including phenoxy) is 1. The predicted octanol–water partition coefficient (Wildman–Crippen LogP) is 4.00. The molecule has 0 aromatic heterocycles. The maximum absolute atomic E-state index is 13.1. The van der Waals surface area contributed by atoms with E-state index < -0.39 is 31.8 Å². The molecule has 2 amide bonds. The van der Waals surface area contributed by atoms with Gasteiger partial charge in [0, 0.05) is 17.5 Å². The normalized spacial score (nSPS) is 15.5. The number of hydrogen-bond acceptors (Lipinski definition) is 5. The summed E-state index contributed by atoms with van der Waals surface area (Å²) in [5, 5.41) is 0.00119. The smallest absolute Gasteiger partial charge is 0.306 e. The summed E-state index contributed by atoms with van der Waals surface area (Å²) in [6.45, 7) is 16.3. The van der Waals surface area contributed by atoms with E-state index in [1.807, 2.05) is 6.07 Å². The molecular weight excluding hydrogens is 412 g/mol. The second-order valence-corrected chi connectivity index (χ2v) is 15.3. The summed E-state index contributed by atoms with van der Waals surface area (Å²) < 4.78 is 11.8. The van der Waals surface area contributed by atoms with E-state index >= 15 is 0 Å². The van der Waals surface area contributed by atoms with Crippen LogP contribution in [0.3, 0.4) is 0 Å². The molecular formula is C23H36N2O5Si. The minimum Gasteiger partial charge on any atom is -0.543 e. The average Bonchev–Trinajstić information content (AvgIpc) is 2.90. The van der Waals surface area contributed by atoms with Crippen molar-refractivity contribution in [3.8, 4) is 5.75 Å². The Balaban J connectivity index is 2.24. The minimum atomic E-state index is -2.12. The molecule has 0 fully saturated rings. The number of primary amides is 1. The lowest BCUT2D eigenvalue weighted by atomic mass is 10.1. The van der Waals surface area contributed by atoms with Crippen LogP contribution in [-0.4, -0.2) is 42.6 Å². The van der Waals surface area contributed by atoms with Crippen LogP contribution < -0.4 is 10.2 Å². The summed E-state index contributed by atoms with van der Waals surface area (Å²) in [5.41, 5.74) is 6.28. The van der Waals surface area contributed by atoms with E-state index in [-0.39, 0.29) is 30.3 Å². The lowest BCUT2D eigenvalue weighted by molar-refractivity contribution is -0.155. The van der Waals surface area contributed by atoms with Crippen molar-refractivity contribution in [2.45, 2.75) is 90.7 Å². The first-order valence-corrected chi connectivity index (χ1v) is 13.6. The Bertz CT molecular complexity index is 868. The number of benzene rings is 1. The molecule has 0 radical (unpaired) electrons. The van der Waals surface area contributed by atoms with Crippen molar-refractivity contribution in [1.82, 2.24) is 4.90 Å². The van der Waals surface area contributed by atoms with Crippen LogP contribution in [0.2, 0.25) is 18.1 Å². The van der Waals surface area contributed by atoms with Gasteiger partial charge in [-0.2, -0.15) is 0 Å². The first kappa shape index (κ1) is 24.9. The molecule has 0 bridgehead atoms. The Morgan fingerprint density at radius 3 is 2.29 bits per heavy atom. The second-order valence-electron chi connectivity index (χ2n) is 10.6. The summed E-state index contributed by atoms with van der Waals surface area (Å²) >= 11 is 0. The maximum Gasteiger partial charge on any atom is 0.306 e.